The predicted molar refractivity (Wildman–Crippen MR) is 73.0 cm³/mol. The Labute approximate surface area is 131 Å². The zero-order valence-corrected chi connectivity index (χ0v) is 13.1. The number of nitrogens with zero attached hydrogens (tertiary/aromatic N) is 1. The lowest BCUT2D eigenvalue weighted by molar-refractivity contribution is -0.184. The van der Waals surface area contributed by atoms with Crippen molar-refractivity contribution in [2.75, 3.05) is 6.54 Å². The molecule has 1 aliphatic heterocycles. The van der Waals surface area contributed by atoms with Crippen LogP contribution in [0.1, 0.15) is 40.0 Å². The molecule has 8 heteroatoms. The molecule has 23 heavy (non-hydrogen) atoms. The number of Topliss-reactive ketones (excluding diaryl/α,β-unsaturated/α-hetero) is 1. The van der Waals surface area contributed by atoms with Crippen LogP contribution in [0.2, 0.25) is 0 Å². The molecule has 1 heterocycles. The summed E-state index contributed by atoms with van der Waals surface area (Å²) in [5, 5.41) is 0. The van der Waals surface area contributed by atoms with Crippen LogP contribution in [0.3, 0.4) is 0 Å². The summed E-state index contributed by atoms with van der Waals surface area (Å²) in [6.45, 7) is 4.37. The second kappa shape index (κ2) is 5.65. The Morgan fingerprint density at radius 3 is 2.43 bits per heavy atom. The number of esters is 1. The molecule has 0 bridgehead atoms. The first-order chi connectivity index (χ1) is 10.4. The van der Waals surface area contributed by atoms with Crippen LogP contribution >= 0.6 is 0 Å². The van der Waals surface area contributed by atoms with Crippen molar-refractivity contribution in [2.24, 2.45) is 5.41 Å². The van der Waals surface area contributed by atoms with Crippen LogP contribution in [0.25, 0.3) is 0 Å². The number of rotatable bonds is 1. The van der Waals surface area contributed by atoms with E-state index in [9.17, 15) is 27.6 Å². The van der Waals surface area contributed by atoms with Crippen LogP contribution in [0.15, 0.2) is 11.3 Å². The lowest BCUT2D eigenvalue weighted by atomic mass is 9.71. The summed E-state index contributed by atoms with van der Waals surface area (Å²) < 4.78 is 43.4. The van der Waals surface area contributed by atoms with Crippen molar-refractivity contribution < 1.29 is 32.3 Å². The third-order valence-corrected chi connectivity index (χ3v) is 4.12. The molecule has 0 spiro atoms. The molecule has 0 saturated heterocycles. The van der Waals surface area contributed by atoms with E-state index in [1.807, 2.05) is 0 Å². The summed E-state index contributed by atoms with van der Waals surface area (Å²) in [5.74, 6) is -3.09. The Morgan fingerprint density at radius 1 is 1.30 bits per heavy atom. The van der Waals surface area contributed by atoms with Crippen molar-refractivity contribution in [1.82, 2.24) is 4.90 Å². The Kier molecular flexibility index (Phi) is 4.30. The number of ketones is 1. The third kappa shape index (κ3) is 3.25. The van der Waals surface area contributed by atoms with Crippen molar-refractivity contribution in [3.8, 4) is 0 Å². The molecule has 0 saturated carbocycles. The Balaban J connectivity index is 2.43. The molecule has 0 radical (unpaired) electrons. The standard InChI is InChI=1S/C15H18F3NO4/c1-8(20)23-12-11(21)9-5-4-6-19(13(22)15(16,17)18)10(9)7-14(12,2)3/h12H,4-7H2,1-3H3. The lowest BCUT2D eigenvalue weighted by Gasteiger charge is -2.43. The number of halogens is 3. The summed E-state index contributed by atoms with van der Waals surface area (Å²) in [6.07, 6.45) is -5.42. The van der Waals surface area contributed by atoms with Gasteiger partial charge >= 0.3 is 18.1 Å². The van der Waals surface area contributed by atoms with E-state index in [2.05, 4.69) is 0 Å². The number of amides is 1. The number of ether oxygens (including phenoxy) is 1. The molecule has 0 aromatic carbocycles. The van der Waals surface area contributed by atoms with E-state index in [4.69, 9.17) is 4.74 Å². The average Bonchev–Trinajstić information content (AvgIpc) is 2.40. The van der Waals surface area contributed by atoms with Gasteiger partial charge in [0.2, 0.25) is 5.78 Å². The fourth-order valence-electron chi connectivity index (χ4n) is 3.12. The number of hydrogen-bond donors (Lipinski definition) is 0. The van der Waals surface area contributed by atoms with Gasteiger partial charge in [-0.15, -0.1) is 0 Å². The zero-order valence-electron chi connectivity index (χ0n) is 13.1. The molecule has 1 unspecified atom stereocenters. The maximum Gasteiger partial charge on any atom is 0.471 e. The van der Waals surface area contributed by atoms with Crippen LogP contribution < -0.4 is 0 Å². The van der Waals surface area contributed by atoms with Crippen LogP contribution in [0.5, 0.6) is 0 Å². The van der Waals surface area contributed by atoms with Gasteiger partial charge in [0.05, 0.1) is 0 Å². The highest BCUT2D eigenvalue weighted by Crippen LogP contribution is 2.44. The summed E-state index contributed by atoms with van der Waals surface area (Å²) >= 11 is 0. The first kappa shape index (κ1) is 17.5. The van der Waals surface area contributed by atoms with E-state index < -0.39 is 35.4 Å². The molecule has 2 rings (SSSR count). The zero-order chi connectivity index (χ0) is 17.6. The van der Waals surface area contributed by atoms with Gasteiger partial charge < -0.3 is 9.64 Å². The minimum atomic E-state index is -4.99. The predicted octanol–water partition coefficient (Wildman–Crippen LogP) is 2.36. The molecular formula is C15H18F3NO4. The normalized spacial score (nSPS) is 24.3. The highest BCUT2D eigenvalue weighted by molar-refractivity contribution is 6.03. The van der Waals surface area contributed by atoms with Crippen LogP contribution in [0.4, 0.5) is 13.2 Å². The second-order valence-corrected chi connectivity index (χ2v) is 6.50. The molecule has 2 aliphatic rings. The average molecular weight is 333 g/mol. The summed E-state index contributed by atoms with van der Waals surface area (Å²) in [5.41, 5.74) is -0.611. The molecular weight excluding hydrogens is 315 g/mol. The maximum atomic E-state index is 12.8. The van der Waals surface area contributed by atoms with Crippen molar-refractivity contribution >= 4 is 17.7 Å². The van der Waals surface area contributed by atoms with E-state index in [1.165, 1.54) is 6.92 Å². The van der Waals surface area contributed by atoms with E-state index in [0.717, 1.165) is 0 Å². The maximum absolute atomic E-state index is 12.8. The van der Waals surface area contributed by atoms with Crippen molar-refractivity contribution in [1.29, 1.82) is 0 Å². The van der Waals surface area contributed by atoms with E-state index >= 15 is 0 Å². The number of carbonyl (C=O) groups is 3. The van der Waals surface area contributed by atoms with Crippen molar-refractivity contribution in [3.63, 3.8) is 0 Å². The molecule has 0 N–H and O–H groups in total. The lowest BCUT2D eigenvalue weighted by Crippen LogP contribution is -2.51. The highest BCUT2D eigenvalue weighted by Gasteiger charge is 2.51. The van der Waals surface area contributed by atoms with Gasteiger partial charge in [0.25, 0.3) is 0 Å². The second-order valence-electron chi connectivity index (χ2n) is 6.50. The van der Waals surface area contributed by atoms with Gasteiger partial charge in [0.1, 0.15) is 0 Å². The number of carbonyl (C=O) groups excluding carboxylic acids is 3. The Hall–Kier alpha value is -1.86. The van der Waals surface area contributed by atoms with Gasteiger partial charge in [-0.05, 0) is 19.3 Å². The number of hydrogen-bond acceptors (Lipinski definition) is 4. The van der Waals surface area contributed by atoms with Crippen LogP contribution in [0, 0.1) is 5.41 Å². The third-order valence-electron chi connectivity index (χ3n) is 4.12. The van der Waals surface area contributed by atoms with E-state index in [1.54, 1.807) is 13.8 Å². The molecule has 5 nitrogen and oxygen atoms in total. The molecule has 0 fully saturated rings. The van der Waals surface area contributed by atoms with E-state index in [-0.39, 0.29) is 37.1 Å². The SMILES string of the molecule is CC(=O)OC1C(=O)C2=C(CC1(C)C)N(C(=O)C(F)(F)F)CCC2. The smallest absolute Gasteiger partial charge is 0.454 e. The number of alkyl halides is 3. The van der Waals surface area contributed by atoms with E-state index in [0.29, 0.717) is 4.90 Å². The molecule has 1 aliphatic carbocycles. The van der Waals surface area contributed by atoms with Gasteiger partial charge in [-0.3, -0.25) is 14.4 Å². The van der Waals surface area contributed by atoms with Gasteiger partial charge in [0.15, 0.2) is 6.10 Å². The first-order valence-corrected chi connectivity index (χ1v) is 7.27. The van der Waals surface area contributed by atoms with Crippen molar-refractivity contribution in [3.05, 3.63) is 11.3 Å². The fraction of sp³-hybridized carbons (Fsp3) is 0.667. The Morgan fingerprint density at radius 2 is 1.91 bits per heavy atom. The summed E-state index contributed by atoms with van der Waals surface area (Å²) in [4.78, 5) is 36.1. The van der Waals surface area contributed by atoms with Crippen LogP contribution in [-0.2, 0) is 19.1 Å². The molecule has 0 aromatic rings. The van der Waals surface area contributed by atoms with Crippen molar-refractivity contribution in [2.45, 2.75) is 52.3 Å². The summed E-state index contributed by atoms with van der Waals surface area (Å²) in [6, 6.07) is 0. The minimum Gasteiger partial charge on any atom is -0.454 e. The quantitative estimate of drug-likeness (QED) is 0.691. The monoisotopic (exact) mass is 333 g/mol. The van der Waals surface area contributed by atoms with Gasteiger partial charge in [-0.25, -0.2) is 0 Å². The molecule has 0 aromatic heterocycles. The Bertz CT molecular complexity index is 592. The molecule has 128 valence electrons. The van der Waals surface area contributed by atoms with Gasteiger partial charge in [0, 0.05) is 30.2 Å². The fourth-order valence-corrected chi connectivity index (χ4v) is 3.12. The van der Waals surface area contributed by atoms with Gasteiger partial charge in [-0.1, -0.05) is 13.8 Å². The highest BCUT2D eigenvalue weighted by atomic mass is 19.4. The summed E-state index contributed by atoms with van der Waals surface area (Å²) in [7, 11) is 0. The first-order valence-electron chi connectivity index (χ1n) is 7.27. The topological polar surface area (TPSA) is 63.7 Å². The molecule has 1 atom stereocenters. The molecule has 1 amide bonds. The largest absolute Gasteiger partial charge is 0.471 e. The van der Waals surface area contributed by atoms with Crippen LogP contribution in [-0.4, -0.2) is 41.4 Å². The minimum absolute atomic E-state index is 0.0633. The van der Waals surface area contributed by atoms with Gasteiger partial charge in [-0.2, -0.15) is 13.2 Å². The number of allylic oxidation sites excluding steroid dienone is 1.